The van der Waals surface area contributed by atoms with Gasteiger partial charge in [0.15, 0.2) is 0 Å². The van der Waals surface area contributed by atoms with E-state index < -0.39 is 11.7 Å². The van der Waals surface area contributed by atoms with Gasteiger partial charge in [0.1, 0.15) is 16.5 Å². The molecule has 4 aromatic rings. The van der Waals surface area contributed by atoms with Crippen LogP contribution in [0.1, 0.15) is 17.1 Å². The molecule has 0 amide bonds. The summed E-state index contributed by atoms with van der Waals surface area (Å²) in [6.07, 6.45) is -3.61. The molecule has 3 heterocycles. The minimum Gasteiger partial charge on any atom is -0.310 e. The van der Waals surface area contributed by atoms with Gasteiger partial charge in [-0.05, 0) is 29.8 Å². The molecule has 0 atom stereocenters. The van der Waals surface area contributed by atoms with Crippen LogP contribution in [0.5, 0.6) is 0 Å². The van der Waals surface area contributed by atoms with Gasteiger partial charge in [0.2, 0.25) is 0 Å². The Kier molecular flexibility index (Phi) is 4.46. The highest BCUT2D eigenvalue weighted by Crippen LogP contribution is 2.31. The molecule has 28 heavy (non-hydrogen) atoms. The number of H-pyrrole nitrogens is 1. The van der Waals surface area contributed by atoms with Crippen molar-refractivity contribution in [1.82, 2.24) is 15.0 Å². The molecule has 4 rings (SSSR count). The van der Waals surface area contributed by atoms with Gasteiger partial charge in [-0.25, -0.2) is 9.37 Å². The van der Waals surface area contributed by atoms with E-state index >= 15 is 0 Å². The molecule has 0 aliphatic rings. The number of aromatic nitrogens is 3. The molecule has 0 fully saturated rings. The van der Waals surface area contributed by atoms with Crippen molar-refractivity contribution in [2.45, 2.75) is 12.6 Å². The summed E-state index contributed by atoms with van der Waals surface area (Å²) < 4.78 is 51.0. The van der Waals surface area contributed by atoms with Gasteiger partial charge in [-0.1, -0.05) is 12.1 Å². The highest BCUT2D eigenvalue weighted by molar-refractivity contribution is 7.17. The van der Waals surface area contributed by atoms with Crippen LogP contribution in [0, 0.1) is 5.82 Å². The number of hydrogen-bond acceptors (Lipinski definition) is 4. The topological polar surface area (TPSA) is 58.6 Å². The number of rotatable bonds is 3. The molecular formula is C19H11F4N3OS. The maximum atomic E-state index is 13.1. The minimum atomic E-state index is -4.45. The van der Waals surface area contributed by atoms with Crippen molar-refractivity contribution in [2.75, 3.05) is 0 Å². The molecule has 0 aliphatic carbocycles. The lowest BCUT2D eigenvalue weighted by Crippen LogP contribution is -2.12. The Labute approximate surface area is 159 Å². The highest BCUT2D eigenvalue weighted by atomic mass is 32.1. The quantitative estimate of drug-likeness (QED) is 0.499. The van der Waals surface area contributed by atoms with Crippen molar-refractivity contribution in [3.63, 3.8) is 0 Å². The van der Waals surface area contributed by atoms with Gasteiger partial charge in [0, 0.05) is 29.3 Å². The van der Waals surface area contributed by atoms with Gasteiger partial charge < -0.3 is 4.98 Å². The van der Waals surface area contributed by atoms with Crippen LogP contribution in [0.15, 0.2) is 52.8 Å². The fourth-order valence-corrected chi connectivity index (χ4v) is 3.75. The van der Waals surface area contributed by atoms with Gasteiger partial charge in [-0.15, -0.1) is 11.3 Å². The Morgan fingerprint density at radius 3 is 2.46 bits per heavy atom. The first-order chi connectivity index (χ1) is 13.3. The first kappa shape index (κ1) is 18.3. The Balaban J connectivity index is 1.67. The summed E-state index contributed by atoms with van der Waals surface area (Å²) in [7, 11) is 0. The third kappa shape index (κ3) is 3.53. The number of hydrogen-bond donors (Lipinski definition) is 1. The van der Waals surface area contributed by atoms with Gasteiger partial charge in [-0.2, -0.15) is 13.2 Å². The second-order valence-corrected chi connectivity index (χ2v) is 6.92. The molecule has 3 aromatic heterocycles. The summed E-state index contributed by atoms with van der Waals surface area (Å²) in [4.78, 5) is 23.9. The van der Waals surface area contributed by atoms with Crippen LogP contribution in [0.3, 0.4) is 0 Å². The molecule has 1 N–H and O–H groups in total. The lowest BCUT2D eigenvalue weighted by atomic mass is 10.1. The summed E-state index contributed by atoms with van der Waals surface area (Å²) in [5, 5.41) is 2.15. The van der Waals surface area contributed by atoms with Crippen LogP contribution in [-0.2, 0) is 12.6 Å². The maximum Gasteiger partial charge on any atom is 0.417 e. The van der Waals surface area contributed by atoms with E-state index in [1.54, 1.807) is 17.5 Å². The van der Waals surface area contributed by atoms with E-state index in [-0.39, 0.29) is 17.8 Å². The number of aromatic amines is 1. The third-order valence-corrected chi connectivity index (χ3v) is 5.02. The summed E-state index contributed by atoms with van der Waals surface area (Å²) in [6.45, 7) is 0. The number of thiophene rings is 1. The van der Waals surface area contributed by atoms with Gasteiger partial charge >= 0.3 is 6.18 Å². The number of alkyl halides is 3. The highest BCUT2D eigenvalue weighted by Gasteiger charge is 2.30. The number of fused-ring (bicyclic) bond motifs is 1. The fourth-order valence-electron chi connectivity index (χ4n) is 2.79. The number of benzene rings is 1. The average Bonchev–Trinajstić information content (AvgIpc) is 3.06. The van der Waals surface area contributed by atoms with Gasteiger partial charge in [-0.3, -0.25) is 9.78 Å². The Morgan fingerprint density at radius 1 is 1.07 bits per heavy atom. The van der Waals surface area contributed by atoms with Gasteiger partial charge in [0.05, 0.1) is 10.9 Å². The van der Waals surface area contributed by atoms with Crippen molar-refractivity contribution in [1.29, 1.82) is 0 Å². The lowest BCUT2D eigenvalue weighted by molar-refractivity contribution is -0.137. The first-order valence-corrected chi connectivity index (χ1v) is 8.98. The smallest absolute Gasteiger partial charge is 0.310 e. The predicted octanol–water partition coefficient (Wildman–Crippen LogP) is 4.80. The van der Waals surface area contributed by atoms with Crippen molar-refractivity contribution in [2.24, 2.45) is 0 Å². The van der Waals surface area contributed by atoms with E-state index in [4.69, 9.17) is 0 Å². The van der Waals surface area contributed by atoms with Crippen LogP contribution in [0.25, 0.3) is 21.3 Å². The van der Waals surface area contributed by atoms with Gasteiger partial charge in [0.25, 0.3) is 5.56 Å². The van der Waals surface area contributed by atoms with E-state index in [0.29, 0.717) is 32.9 Å². The fraction of sp³-hybridized carbons (Fsp3) is 0.105. The zero-order valence-corrected chi connectivity index (χ0v) is 14.9. The first-order valence-electron chi connectivity index (χ1n) is 8.10. The number of nitrogens with zero attached hydrogens (tertiary/aromatic N) is 2. The van der Waals surface area contributed by atoms with Crippen molar-refractivity contribution < 1.29 is 17.6 Å². The minimum absolute atomic E-state index is 0.0904. The van der Waals surface area contributed by atoms with E-state index in [1.807, 2.05) is 0 Å². The summed E-state index contributed by atoms with van der Waals surface area (Å²) in [5.41, 5.74) is 0.485. The summed E-state index contributed by atoms with van der Waals surface area (Å²) in [5.74, 6) is -0.0705. The Morgan fingerprint density at radius 2 is 1.82 bits per heavy atom. The molecule has 0 unspecified atom stereocenters. The molecule has 142 valence electrons. The summed E-state index contributed by atoms with van der Waals surface area (Å²) >= 11 is 1.26. The summed E-state index contributed by atoms with van der Waals surface area (Å²) in [6, 6.07) is 7.98. The predicted molar refractivity (Wildman–Crippen MR) is 97.7 cm³/mol. The second-order valence-electron chi connectivity index (χ2n) is 6.06. The molecule has 1 aromatic carbocycles. The molecular weight excluding hydrogens is 394 g/mol. The van der Waals surface area contributed by atoms with Crippen LogP contribution >= 0.6 is 11.3 Å². The van der Waals surface area contributed by atoms with E-state index in [9.17, 15) is 22.4 Å². The number of nitrogens with one attached hydrogen (secondary N) is 1. The molecule has 0 radical (unpaired) electrons. The second kappa shape index (κ2) is 6.83. The van der Waals surface area contributed by atoms with Crippen molar-refractivity contribution >= 4 is 21.6 Å². The zero-order chi connectivity index (χ0) is 19.9. The molecule has 0 saturated carbocycles. The molecule has 0 saturated heterocycles. The molecule has 0 bridgehead atoms. The van der Waals surface area contributed by atoms with E-state index in [0.717, 1.165) is 12.3 Å². The average molecular weight is 405 g/mol. The molecule has 0 aliphatic heterocycles. The number of halogens is 4. The zero-order valence-electron chi connectivity index (χ0n) is 14.0. The van der Waals surface area contributed by atoms with Crippen molar-refractivity contribution in [3.05, 3.63) is 81.2 Å². The van der Waals surface area contributed by atoms with Crippen LogP contribution in [0.4, 0.5) is 17.6 Å². The van der Waals surface area contributed by atoms with E-state index in [1.165, 1.54) is 29.5 Å². The largest absolute Gasteiger partial charge is 0.417 e. The standard InChI is InChI=1S/C19H11F4N3OS/c20-12-4-1-10(2-5-12)14-9-28-18-16(14)17(27)25-15(26-18)7-13-6-3-11(8-24-13)19(21,22)23/h1-6,8-9H,7H2,(H,25,26,27). The molecule has 0 spiro atoms. The van der Waals surface area contributed by atoms with Crippen LogP contribution < -0.4 is 5.56 Å². The SMILES string of the molecule is O=c1[nH]c(Cc2ccc(C(F)(F)F)cn2)nc2scc(-c3ccc(F)cc3)c12. The normalized spacial score (nSPS) is 11.9. The molecule has 9 heteroatoms. The monoisotopic (exact) mass is 405 g/mol. The van der Waals surface area contributed by atoms with Crippen LogP contribution in [-0.4, -0.2) is 15.0 Å². The maximum absolute atomic E-state index is 13.1. The van der Waals surface area contributed by atoms with Crippen LogP contribution in [0.2, 0.25) is 0 Å². The number of pyridine rings is 1. The lowest BCUT2D eigenvalue weighted by Gasteiger charge is -2.07. The van der Waals surface area contributed by atoms with E-state index in [2.05, 4.69) is 15.0 Å². The van der Waals surface area contributed by atoms with Crippen molar-refractivity contribution in [3.8, 4) is 11.1 Å². The molecule has 4 nitrogen and oxygen atoms in total. The Hall–Kier alpha value is -3.07. The Bertz CT molecular complexity index is 1200. The third-order valence-electron chi connectivity index (χ3n) is 4.15.